The third-order valence-electron chi connectivity index (χ3n) is 6.32. The van der Waals surface area contributed by atoms with Crippen molar-refractivity contribution >= 4 is 11.8 Å². The maximum absolute atomic E-state index is 13.1. The van der Waals surface area contributed by atoms with Crippen molar-refractivity contribution in [3.8, 4) is 0 Å². The molecule has 5 nitrogen and oxygen atoms in total. The molecule has 2 aromatic carbocycles. The first kappa shape index (κ1) is 20.4. The van der Waals surface area contributed by atoms with Crippen molar-refractivity contribution < 1.29 is 9.59 Å². The molecule has 0 aromatic heterocycles. The van der Waals surface area contributed by atoms with Gasteiger partial charge < -0.3 is 9.80 Å². The number of hydrogen-bond donors (Lipinski definition) is 0. The summed E-state index contributed by atoms with van der Waals surface area (Å²) in [5.41, 5.74) is 5.17. The first-order valence-electron chi connectivity index (χ1n) is 10.6. The lowest BCUT2D eigenvalue weighted by Crippen LogP contribution is -2.53. The van der Waals surface area contributed by atoms with Gasteiger partial charge >= 0.3 is 0 Å². The third kappa shape index (κ3) is 4.03. The SMILES string of the molecule is C=CC(=O)N1CCN(C(=O)CN2CCc3ccccc3C2c2ccccc2C)CC1. The number of carbonyl (C=O) groups is 2. The minimum absolute atomic E-state index is 0.0608. The zero-order valence-corrected chi connectivity index (χ0v) is 17.6. The molecule has 156 valence electrons. The normalized spacial score (nSPS) is 19.3. The second kappa shape index (κ2) is 8.84. The molecular weight excluding hydrogens is 374 g/mol. The van der Waals surface area contributed by atoms with Gasteiger partial charge in [-0.05, 0) is 41.7 Å². The van der Waals surface area contributed by atoms with Gasteiger partial charge in [-0.3, -0.25) is 14.5 Å². The Morgan fingerprint density at radius 3 is 2.27 bits per heavy atom. The summed E-state index contributed by atoms with van der Waals surface area (Å²) in [7, 11) is 0. The summed E-state index contributed by atoms with van der Waals surface area (Å²) in [6, 6.07) is 17.1. The smallest absolute Gasteiger partial charge is 0.246 e. The molecule has 30 heavy (non-hydrogen) atoms. The molecule has 2 aliphatic rings. The van der Waals surface area contributed by atoms with E-state index in [9.17, 15) is 9.59 Å². The fourth-order valence-corrected chi connectivity index (χ4v) is 4.63. The first-order chi connectivity index (χ1) is 14.6. The molecular formula is C25H29N3O2. The Balaban J connectivity index is 1.53. The van der Waals surface area contributed by atoms with E-state index in [2.05, 4.69) is 66.9 Å². The van der Waals surface area contributed by atoms with E-state index >= 15 is 0 Å². The molecule has 1 saturated heterocycles. The van der Waals surface area contributed by atoms with Crippen LogP contribution in [-0.4, -0.2) is 65.8 Å². The van der Waals surface area contributed by atoms with Crippen LogP contribution in [0.25, 0.3) is 0 Å². The summed E-state index contributed by atoms with van der Waals surface area (Å²) < 4.78 is 0. The second-order valence-electron chi connectivity index (χ2n) is 8.09. The van der Waals surface area contributed by atoms with Crippen molar-refractivity contribution in [3.63, 3.8) is 0 Å². The number of hydrogen-bond acceptors (Lipinski definition) is 3. The van der Waals surface area contributed by atoms with Crippen LogP contribution in [0.2, 0.25) is 0 Å². The van der Waals surface area contributed by atoms with Crippen LogP contribution in [-0.2, 0) is 16.0 Å². The molecule has 0 saturated carbocycles. The summed E-state index contributed by atoms with van der Waals surface area (Å²) in [5, 5.41) is 0. The Morgan fingerprint density at radius 1 is 0.933 bits per heavy atom. The molecule has 1 fully saturated rings. The molecule has 0 radical (unpaired) electrons. The van der Waals surface area contributed by atoms with Gasteiger partial charge in [0.1, 0.15) is 0 Å². The van der Waals surface area contributed by atoms with Crippen LogP contribution < -0.4 is 0 Å². The van der Waals surface area contributed by atoms with E-state index in [1.165, 1.54) is 28.3 Å². The molecule has 0 N–H and O–H groups in total. The van der Waals surface area contributed by atoms with Gasteiger partial charge in [-0.25, -0.2) is 0 Å². The highest BCUT2D eigenvalue weighted by Gasteiger charge is 2.32. The molecule has 2 heterocycles. The Morgan fingerprint density at radius 2 is 1.57 bits per heavy atom. The molecule has 2 amide bonds. The number of fused-ring (bicyclic) bond motifs is 1. The minimum Gasteiger partial charge on any atom is -0.338 e. The summed E-state index contributed by atoms with van der Waals surface area (Å²) in [6.07, 6.45) is 2.29. The van der Waals surface area contributed by atoms with Crippen LogP contribution in [0, 0.1) is 6.92 Å². The van der Waals surface area contributed by atoms with Gasteiger partial charge in [0.15, 0.2) is 0 Å². The second-order valence-corrected chi connectivity index (χ2v) is 8.09. The topological polar surface area (TPSA) is 43.9 Å². The molecule has 1 unspecified atom stereocenters. The van der Waals surface area contributed by atoms with Crippen molar-refractivity contribution in [2.75, 3.05) is 39.3 Å². The van der Waals surface area contributed by atoms with Gasteiger partial charge in [-0.1, -0.05) is 55.1 Å². The standard InChI is InChI=1S/C25H29N3O2/c1-3-23(29)26-14-16-27(17-15-26)24(30)18-28-13-12-20-9-5-7-11-22(20)25(28)21-10-6-4-8-19(21)2/h3-11,25H,1,12-18H2,2H3. The summed E-state index contributed by atoms with van der Waals surface area (Å²) in [5.74, 6) is 0.0769. The zero-order chi connectivity index (χ0) is 21.1. The average Bonchev–Trinajstić information content (AvgIpc) is 2.79. The molecule has 1 atom stereocenters. The van der Waals surface area contributed by atoms with Crippen molar-refractivity contribution in [1.82, 2.24) is 14.7 Å². The molecule has 2 aromatic rings. The number of carbonyl (C=O) groups excluding carboxylic acids is 2. The predicted octanol–water partition coefficient (Wildman–Crippen LogP) is 2.80. The highest BCUT2D eigenvalue weighted by Crippen LogP contribution is 2.36. The van der Waals surface area contributed by atoms with Crippen molar-refractivity contribution in [2.24, 2.45) is 0 Å². The lowest BCUT2D eigenvalue weighted by Gasteiger charge is -2.40. The zero-order valence-electron chi connectivity index (χ0n) is 17.6. The molecule has 5 heteroatoms. The monoisotopic (exact) mass is 403 g/mol. The van der Waals surface area contributed by atoms with E-state index in [-0.39, 0.29) is 17.9 Å². The van der Waals surface area contributed by atoms with E-state index in [0.29, 0.717) is 32.7 Å². The first-order valence-corrected chi connectivity index (χ1v) is 10.6. The highest BCUT2D eigenvalue weighted by atomic mass is 16.2. The Kier molecular flexibility index (Phi) is 6.00. The van der Waals surface area contributed by atoms with Gasteiger partial charge in [0.2, 0.25) is 11.8 Å². The van der Waals surface area contributed by atoms with Crippen LogP contribution in [0.5, 0.6) is 0 Å². The van der Waals surface area contributed by atoms with E-state index in [1.807, 2.05) is 4.90 Å². The summed E-state index contributed by atoms with van der Waals surface area (Å²) in [4.78, 5) is 30.9. The van der Waals surface area contributed by atoms with E-state index in [0.717, 1.165) is 13.0 Å². The van der Waals surface area contributed by atoms with Crippen molar-refractivity contribution in [3.05, 3.63) is 83.4 Å². The summed E-state index contributed by atoms with van der Waals surface area (Å²) >= 11 is 0. The number of piperazine rings is 1. The number of rotatable bonds is 4. The van der Waals surface area contributed by atoms with Gasteiger partial charge in [0, 0.05) is 32.7 Å². The lowest BCUT2D eigenvalue weighted by atomic mass is 9.86. The number of aryl methyl sites for hydroxylation is 1. The molecule has 0 aliphatic carbocycles. The van der Waals surface area contributed by atoms with Crippen molar-refractivity contribution in [1.29, 1.82) is 0 Å². The summed E-state index contributed by atoms with van der Waals surface area (Å²) in [6.45, 7) is 9.24. The quantitative estimate of drug-likeness (QED) is 0.738. The van der Waals surface area contributed by atoms with Gasteiger partial charge in [-0.2, -0.15) is 0 Å². The van der Waals surface area contributed by atoms with E-state index in [1.54, 1.807) is 4.90 Å². The van der Waals surface area contributed by atoms with Crippen LogP contribution in [0.3, 0.4) is 0 Å². The van der Waals surface area contributed by atoms with E-state index < -0.39 is 0 Å². The minimum atomic E-state index is -0.0608. The molecule has 2 aliphatic heterocycles. The van der Waals surface area contributed by atoms with E-state index in [4.69, 9.17) is 0 Å². The Hall–Kier alpha value is -2.92. The molecule has 4 rings (SSSR count). The molecule has 0 bridgehead atoms. The Labute approximate surface area is 178 Å². The number of nitrogens with zero attached hydrogens (tertiary/aromatic N) is 3. The van der Waals surface area contributed by atoms with Gasteiger partial charge in [0.05, 0.1) is 12.6 Å². The van der Waals surface area contributed by atoms with Gasteiger partial charge in [-0.15, -0.1) is 0 Å². The Bertz CT molecular complexity index is 947. The largest absolute Gasteiger partial charge is 0.338 e. The third-order valence-corrected chi connectivity index (χ3v) is 6.32. The highest BCUT2D eigenvalue weighted by molar-refractivity contribution is 5.87. The predicted molar refractivity (Wildman–Crippen MR) is 118 cm³/mol. The maximum atomic E-state index is 13.1. The fourth-order valence-electron chi connectivity index (χ4n) is 4.63. The number of amides is 2. The average molecular weight is 404 g/mol. The van der Waals surface area contributed by atoms with Gasteiger partial charge in [0.25, 0.3) is 0 Å². The molecule has 0 spiro atoms. The number of benzene rings is 2. The maximum Gasteiger partial charge on any atom is 0.246 e. The van der Waals surface area contributed by atoms with Crippen LogP contribution in [0.15, 0.2) is 61.2 Å². The lowest BCUT2D eigenvalue weighted by molar-refractivity contribution is -0.138. The van der Waals surface area contributed by atoms with Crippen molar-refractivity contribution in [2.45, 2.75) is 19.4 Å². The van der Waals surface area contributed by atoms with Crippen LogP contribution in [0.4, 0.5) is 0 Å². The van der Waals surface area contributed by atoms with Crippen LogP contribution in [0.1, 0.15) is 28.3 Å². The van der Waals surface area contributed by atoms with Crippen LogP contribution >= 0.6 is 0 Å². The fraction of sp³-hybridized carbons (Fsp3) is 0.360.